The lowest BCUT2D eigenvalue weighted by molar-refractivity contribution is 0.103. The molecule has 96 valence electrons. The van der Waals surface area contributed by atoms with Crippen LogP contribution < -0.4 is 5.32 Å². The maximum absolute atomic E-state index is 5.61. The maximum atomic E-state index is 5.61. The van der Waals surface area contributed by atoms with Crippen molar-refractivity contribution in [2.24, 2.45) is 0 Å². The van der Waals surface area contributed by atoms with Crippen molar-refractivity contribution in [3.8, 4) is 0 Å². The summed E-state index contributed by atoms with van der Waals surface area (Å²) in [5.41, 5.74) is 1.21. The summed E-state index contributed by atoms with van der Waals surface area (Å²) in [6.45, 7) is 8.38. The second-order valence-corrected chi connectivity index (χ2v) is 6.18. The Morgan fingerprint density at radius 2 is 2.35 bits per heavy atom. The predicted molar refractivity (Wildman–Crippen MR) is 71.6 cm³/mol. The Morgan fingerprint density at radius 3 is 2.94 bits per heavy atom. The zero-order chi connectivity index (χ0) is 12.3. The molecule has 1 fully saturated rings. The largest absolute Gasteiger partial charge is 0.378 e. The molecule has 2 atom stereocenters. The van der Waals surface area contributed by atoms with E-state index in [0.717, 1.165) is 24.6 Å². The molecular weight excluding hydrogens is 232 g/mol. The third-order valence-electron chi connectivity index (χ3n) is 3.29. The maximum Gasteiger partial charge on any atom is 0.0900 e. The number of ether oxygens (including phenoxy) is 1. The smallest absolute Gasteiger partial charge is 0.0900 e. The molecule has 1 aliphatic rings. The number of aryl methyl sites for hydroxylation is 2. The van der Waals surface area contributed by atoms with Crippen LogP contribution in [0.1, 0.15) is 47.8 Å². The Bertz CT molecular complexity index is 358. The quantitative estimate of drug-likeness (QED) is 0.877. The third-order valence-corrected chi connectivity index (χ3v) is 4.19. The standard InChI is InChI=1S/C13H22N2OS/c1-9(13-10(2)17-11(3)15-13)14-7-6-12-5-4-8-16-12/h9,12,14H,4-8H2,1-3H3. The molecule has 2 unspecified atom stereocenters. The highest BCUT2D eigenvalue weighted by Crippen LogP contribution is 2.22. The van der Waals surface area contributed by atoms with Gasteiger partial charge in [-0.3, -0.25) is 0 Å². The van der Waals surface area contributed by atoms with Crippen LogP contribution in [0.4, 0.5) is 0 Å². The Morgan fingerprint density at radius 1 is 1.53 bits per heavy atom. The van der Waals surface area contributed by atoms with Gasteiger partial charge in [0.2, 0.25) is 0 Å². The van der Waals surface area contributed by atoms with Crippen LogP contribution in [0.5, 0.6) is 0 Å². The summed E-state index contributed by atoms with van der Waals surface area (Å²) in [5, 5.41) is 4.70. The number of aromatic nitrogens is 1. The van der Waals surface area contributed by atoms with E-state index in [9.17, 15) is 0 Å². The van der Waals surface area contributed by atoms with Crippen LogP contribution in [-0.4, -0.2) is 24.2 Å². The van der Waals surface area contributed by atoms with Crippen LogP contribution in [0.25, 0.3) is 0 Å². The lowest BCUT2D eigenvalue weighted by Gasteiger charge is -2.14. The Labute approximate surface area is 108 Å². The summed E-state index contributed by atoms with van der Waals surface area (Å²) >= 11 is 1.78. The van der Waals surface area contributed by atoms with E-state index < -0.39 is 0 Å². The number of hydrogen-bond donors (Lipinski definition) is 1. The molecule has 2 heterocycles. The van der Waals surface area contributed by atoms with Crippen LogP contribution in [0.2, 0.25) is 0 Å². The molecule has 17 heavy (non-hydrogen) atoms. The summed E-state index contributed by atoms with van der Waals surface area (Å²) in [6, 6.07) is 0.348. The van der Waals surface area contributed by atoms with Gasteiger partial charge in [0.1, 0.15) is 0 Å². The van der Waals surface area contributed by atoms with Crippen molar-refractivity contribution in [3.05, 3.63) is 15.6 Å². The predicted octanol–water partition coefficient (Wildman–Crippen LogP) is 2.98. The molecule has 4 heteroatoms. The first-order valence-electron chi connectivity index (χ1n) is 6.45. The van der Waals surface area contributed by atoms with Gasteiger partial charge in [-0.2, -0.15) is 0 Å². The molecular formula is C13H22N2OS. The number of rotatable bonds is 5. The van der Waals surface area contributed by atoms with Gasteiger partial charge in [0, 0.05) is 17.5 Å². The van der Waals surface area contributed by atoms with Crippen molar-refractivity contribution in [1.82, 2.24) is 10.3 Å². The van der Waals surface area contributed by atoms with Gasteiger partial charge in [0.05, 0.1) is 16.8 Å². The SMILES string of the molecule is Cc1nc(C(C)NCCC2CCCO2)c(C)s1. The third kappa shape index (κ3) is 3.50. The van der Waals surface area contributed by atoms with Crippen molar-refractivity contribution in [2.45, 2.75) is 52.2 Å². The summed E-state index contributed by atoms with van der Waals surface area (Å²) in [7, 11) is 0. The van der Waals surface area contributed by atoms with E-state index >= 15 is 0 Å². The van der Waals surface area contributed by atoms with E-state index in [1.807, 2.05) is 0 Å². The molecule has 1 aliphatic heterocycles. The zero-order valence-electron chi connectivity index (χ0n) is 11.0. The van der Waals surface area contributed by atoms with Gasteiger partial charge in [-0.25, -0.2) is 4.98 Å². The normalized spacial score (nSPS) is 21.9. The molecule has 0 saturated carbocycles. The summed E-state index contributed by atoms with van der Waals surface area (Å²) < 4.78 is 5.61. The number of nitrogens with one attached hydrogen (secondary N) is 1. The van der Waals surface area contributed by atoms with E-state index in [0.29, 0.717) is 12.1 Å². The fourth-order valence-corrected chi connectivity index (χ4v) is 3.29. The molecule has 0 amide bonds. The topological polar surface area (TPSA) is 34.2 Å². The van der Waals surface area contributed by atoms with Crippen molar-refractivity contribution < 1.29 is 4.74 Å². The van der Waals surface area contributed by atoms with Gasteiger partial charge in [-0.15, -0.1) is 11.3 Å². The zero-order valence-corrected chi connectivity index (χ0v) is 11.8. The van der Waals surface area contributed by atoms with E-state index in [-0.39, 0.29) is 0 Å². The van der Waals surface area contributed by atoms with Crippen LogP contribution in [0, 0.1) is 13.8 Å². The van der Waals surface area contributed by atoms with Crippen molar-refractivity contribution >= 4 is 11.3 Å². The fourth-order valence-electron chi connectivity index (χ4n) is 2.38. The molecule has 1 saturated heterocycles. The molecule has 0 spiro atoms. The lowest BCUT2D eigenvalue weighted by atomic mass is 10.1. The van der Waals surface area contributed by atoms with Crippen LogP contribution in [0.3, 0.4) is 0 Å². The van der Waals surface area contributed by atoms with Crippen LogP contribution in [-0.2, 0) is 4.74 Å². The van der Waals surface area contributed by atoms with E-state index in [1.165, 1.54) is 23.4 Å². The van der Waals surface area contributed by atoms with Gasteiger partial charge in [-0.1, -0.05) is 0 Å². The van der Waals surface area contributed by atoms with Gasteiger partial charge in [-0.05, 0) is 46.6 Å². The van der Waals surface area contributed by atoms with Crippen LogP contribution in [0.15, 0.2) is 0 Å². The Hall–Kier alpha value is -0.450. The molecule has 0 aromatic carbocycles. The second-order valence-electron chi connectivity index (χ2n) is 4.77. The summed E-state index contributed by atoms with van der Waals surface area (Å²) in [4.78, 5) is 5.92. The number of nitrogens with zero attached hydrogens (tertiary/aromatic N) is 1. The molecule has 0 aliphatic carbocycles. The minimum Gasteiger partial charge on any atom is -0.378 e. The molecule has 3 nitrogen and oxygen atoms in total. The van der Waals surface area contributed by atoms with Crippen molar-refractivity contribution in [2.75, 3.05) is 13.2 Å². The van der Waals surface area contributed by atoms with E-state index in [2.05, 4.69) is 31.1 Å². The van der Waals surface area contributed by atoms with Gasteiger partial charge in [0.25, 0.3) is 0 Å². The lowest BCUT2D eigenvalue weighted by Crippen LogP contribution is -2.24. The van der Waals surface area contributed by atoms with Crippen LogP contribution >= 0.6 is 11.3 Å². The second kappa shape index (κ2) is 5.94. The summed E-state index contributed by atoms with van der Waals surface area (Å²) in [6.07, 6.45) is 4.05. The summed E-state index contributed by atoms with van der Waals surface area (Å²) in [5.74, 6) is 0. The van der Waals surface area contributed by atoms with Crippen molar-refractivity contribution in [1.29, 1.82) is 0 Å². The molecule has 0 bridgehead atoms. The molecule has 0 radical (unpaired) electrons. The van der Waals surface area contributed by atoms with E-state index in [4.69, 9.17) is 4.74 Å². The van der Waals surface area contributed by atoms with Gasteiger partial charge < -0.3 is 10.1 Å². The first kappa shape index (κ1) is 13.0. The average molecular weight is 254 g/mol. The minimum atomic E-state index is 0.348. The molecule has 2 rings (SSSR count). The Kier molecular flexibility index (Phi) is 4.54. The van der Waals surface area contributed by atoms with E-state index in [1.54, 1.807) is 11.3 Å². The van der Waals surface area contributed by atoms with Gasteiger partial charge >= 0.3 is 0 Å². The van der Waals surface area contributed by atoms with Crippen molar-refractivity contribution in [3.63, 3.8) is 0 Å². The first-order valence-corrected chi connectivity index (χ1v) is 7.27. The highest BCUT2D eigenvalue weighted by atomic mass is 32.1. The molecule has 1 aromatic rings. The Balaban J connectivity index is 1.76. The number of thiazole rings is 1. The monoisotopic (exact) mass is 254 g/mol. The fraction of sp³-hybridized carbons (Fsp3) is 0.769. The average Bonchev–Trinajstić information content (AvgIpc) is 2.88. The highest BCUT2D eigenvalue weighted by molar-refractivity contribution is 7.11. The minimum absolute atomic E-state index is 0.348. The number of hydrogen-bond acceptors (Lipinski definition) is 4. The first-order chi connectivity index (χ1) is 8.16. The highest BCUT2D eigenvalue weighted by Gasteiger charge is 2.16. The molecule has 1 aromatic heterocycles. The van der Waals surface area contributed by atoms with Gasteiger partial charge in [0.15, 0.2) is 0 Å². The molecule has 1 N–H and O–H groups in total.